The number of piperazine rings is 1. The number of benzene rings is 2. The molecular formula is C22H29N4O4+. The second kappa shape index (κ2) is 9.58. The first-order valence-electron chi connectivity index (χ1n) is 10.1. The number of para-hydroxylation sites is 1. The summed E-state index contributed by atoms with van der Waals surface area (Å²) in [5, 5.41) is 6.45. The number of nitrogens with one attached hydrogen (secondary N) is 2. The van der Waals surface area contributed by atoms with Crippen molar-refractivity contribution in [3.63, 3.8) is 0 Å². The highest BCUT2D eigenvalue weighted by molar-refractivity contribution is 5.76. The van der Waals surface area contributed by atoms with E-state index in [2.05, 4.69) is 10.6 Å². The van der Waals surface area contributed by atoms with E-state index in [9.17, 15) is 9.70 Å². The van der Waals surface area contributed by atoms with Crippen LogP contribution < -0.4 is 15.4 Å². The van der Waals surface area contributed by atoms with Gasteiger partial charge in [0.2, 0.25) is 5.75 Å². The van der Waals surface area contributed by atoms with E-state index < -0.39 is 11.7 Å². The Morgan fingerprint density at radius 2 is 1.80 bits per heavy atom. The van der Waals surface area contributed by atoms with Gasteiger partial charge in [-0.2, -0.15) is 0 Å². The molecule has 1 aliphatic rings. The van der Waals surface area contributed by atoms with Crippen LogP contribution in [0.25, 0.3) is 0 Å². The molecule has 1 saturated heterocycles. The topological polar surface area (TPSA) is 82.9 Å². The lowest BCUT2D eigenvalue weighted by atomic mass is 10.2. The van der Waals surface area contributed by atoms with Crippen LogP contribution in [0.4, 0.5) is 16.2 Å². The molecule has 0 unspecified atom stereocenters. The van der Waals surface area contributed by atoms with Crippen molar-refractivity contribution in [2.75, 3.05) is 31.5 Å². The zero-order valence-corrected chi connectivity index (χ0v) is 17.7. The van der Waals surface area contributed by atoms with E-state index >= 15 is 0 Å². The third-order valence-corrected chi connectivity index (χ3v) is 4.44. The molecule has 0 bridgehead atoms. The van der Waals surface area contributed by atoms with Crippen molar-refractivity contribution in [2.24, 2.45) is 0 Å². The van der Waals surface area contributed by atoms with Crippen LogP contribution >= 0.6 is 0 Å². The summed E-state index contributed by atoms with van der Waals surface area (Å²) in [4.78, 5) is 33.1. The number of ether oxygens (including phenoxy) is 1. The van der Waals surface area contributed by atoms with E-state index in [0.717, 1.165) is 5.56 Å². The standard InChI is InChI=1S/C22H29N4O4/c1-22(2,3)30-26(28)20-18(24-16-17-8-5-4-6-9-17)10-7-11-19(20)29-21(27)25-14-12-23-13-15-25/h4-11,23-24H,12-16H2,1-3H3/q+1. The highest BCUT2D eigenvalue weighted by Crippen LogP contribution is 2.37. The van der Waals surface area contributed by atoms with E-state index in [4.69, 9.17) is 9.57 Å². The Balaban J connectivity index is 1.86. The van der Waals surface area contributed by atoms with E-state index in [1.165, 1.54) is 0 Å². The van der Waals surface area contributed by atoms with Crippen LogP contribution in [-0.2, 0) is 11.4 Å². The van der Waals surface area contributed by atoms with E-state index in [1.807, 2.05) is 30.3 Å². The van der Waals surface area contributed by atoms with Gasteiger partial charge in [0.05, 0.1) is 4.91 Å². The van der Waals surface area contributed by atoms with Gasteiger partial charge < -0.3 is 20.3 Å². The van der Waals surface area contributed by atoms with Gasteiger partial charge >= 0.3 is 11.8 Å². The number of amides is 1. The van der Waals surface area contributed by atoms with Crippen molar-refractivity contribution >= 4 is 17.5 Å². The van der Waals surface area contributed by atoms with Crippen molar-refractivity contribution in [2.45, 2.75) is 32.9 Å². The maximum atomic E-state index is 12.9. The van der Waals surface area contributed by atoms with Crippen LogP contribution in [0.2, 0.25) is 0 Å². The van der Waals surface area contributed by atoms with Gasteiger partial charge in [-0.05, 0) is 38.5 Å². The zero-order valence-electron chi connectivity index (χ0n) is 17.7. The fourth-order valence-electron chi connectivity index (χ4n) is 3.03. The predicted molar refractivity (Wildman–Crippen MR) is 115 cm³/mol. The Bertz CT molecular complexity index is 874. The Labute approximate surface area is 176 Å². The molecule has 0 radical (unpaired) electrons. The van der Waals surface area contributed by atoms with Crippen LogP contribution in [0.3, 0.4) is 0 Å². The number of rotatable bonds is 6. The summed E-state index contributed by atoms with van der Waals surface area (Å²) < 4.78 is 5.61. The second-order valence-electron chi connectivity index (χ2n) is 8.06. The van der Waals surface area contributed by atoms with Gasteiger partial charge in [0.1, 0.15) is 5.69 Å². The molecule has 2 aromatic carbocycles. The van der Waals surface area contributed by atoms with Gasteiger partial charge in [-0.15, -0.1) is 0 Å². The Morgan fingerprint density at radius 1 is 1.10 bits per heavy atom. The number of carbonyl (C=O) groups is 1. The fraction of sp³-hybridized carbons (Fsp3) is 0.409. The number of hydrogen-bond donors (Lipinski definition) is 2. The highest BCUT2D eigenvalue weighted by Gasteiger charge is 2.34. The molecule has 1 amide bonds. The molecule has 2 aromatic rings. The summed E-state index contributed by atoms with van der Waals surface area (Å²) in [5.74, 6) is 0.149. The number of nitrogens with zero attached hydrogens (tertiary/aromatic N) is 2. The summed E-state index contributed by atoms with van der Waals surface area (Å²) in [6.45, 7) is 8.38. The molecule has 1 aliphatic heterocycles. The SMILES string of the molecule is CC(C)(C)O[N+](=O)c1c(NCc2ccccc2)cccc1OC(=O)N1CCNCC1. The summed E-state index contributed by atoms with van der Waals surface area (Å²) >= 11 is 0. The molecule has 0 aromatic heterocycles. The molecule has 1 heterocycles. The zero-order chi connectivity index (χ0) is 21.6. The minimum Gasteiger partial charge on any atom is -0.403 e. The van der Waals surface area contributed by atoms with Crippen molar-refractivity contribution in [1.29, 1.82) is 0 Å². The van der Waals surface area contributed by atoms with Gasteiger partial charge in [-0.25, -0.2) is 9.63 Å². The molecule has 0 aliphatic carbocycles. The molecule has 1 fully saturated rings. The highest BCUT2D eigenvalue weighted by atomic mass is 16.8. The van der Waals surface area contributed by atoms with E-state index in [1.54, 1.807) is 43.9 Å². The van der Waals surface area contributed by atoms with E-state index in [0.29, 0.717) is 43.3 Å². The van der Waals surface area contributed by atoms with Crippen molar-refractivity contribution in [3.05, 3.63) is 59.0 Å². The summed E-state index contributed by atoms with van der Waals surface area (Å²) in [6.07, 6.45) is -0.484. The first-order valence-corrected chi connectivity index (χ1v) is 10.1. The maximum absolute atomic E-state index is 12.9. The molecule has 0 spiro atoms. The average molecular weight is 413 g/mol. The number of hydrogen-bond acceptors (Lipinski definition) is 6. The number of anilines is 1. The number of carbonyl (C=O) groups excluding carboxylic acids is 1. The van der Waals surface area contributed by atoms with Gasteiger partial charge in [0.15, 0.2) is 5.60 Å². The lowest BCUT2D eigenvalue weighted by Crippen LogP contribution is -2.47. The Kier molecular flexibility index (Phi) is 6.89. The Morgan fingerprint density at radius 3 is 2.47 bits per heavy atom. The molecule has 2 N–H and O–H groups in total. The average Bonchev–Trinajstić information content (AvgIpc) is 2.72. The van der Waals surface area contributed by atoms with Crippen molar-refractivity contribution in [3.8, 4) is 5.75 Å². The van der Waals surface area contributed by atoms with Gasteiger partial charge in [-0.1, -0.05) is 36.4 Å². The van der Waals surface area contributed by atoms with Crippen LogP contribution in [-0.4, -0.2) is 47.7 Å². The molecule has 0 atom stereocenters. The largest absolute Gasteiger partial charge is 0.415 e. The first kappa shape index (κ1) is 21.6. The van der Waals surface area contributed by atoms with Gasteiger partial charge in [0, 0.05) is 32.7 Å². The van der Waals surface area contributed by atoms with Crippen LogP contribution in [0, 0.1) is 4.91 Å². The van der Waals surface area contributed by atoms with Crippen LogP contribution in [0.5, 0.6) is 5.75 Å². The molecular weight excluding hydrogens is 384 g/mol. The van der Waals surface area contributed by atoms with Crippen LogP contribution in [0.1, 0.15) is 26.3 Å². The lowest BCUT2D eigenvalue weighted by molar-refractivity contribution is -0.765. The molecule has 8 nitrogen and oxygen atoms in total. The summed E-state index contributed by atoms with van der Waals surface area (Å²) in [6, 6.07) is 14.9. The third-order valence-electron chi connectivity index (χ3n) is 4.44. The fourth-order valence-corrected chi connectivity index (χ4v) is 3.03. The molecule has 8 heteroatoms. The quantitative estimate of drug-likeness (QED) is 0.700. The monoisotopic (exact) mass is 413 g/mol. The van der Waals surface area contributed by atoms with Crippen molar-refractivity contribution in [1.82, 2.24) is 10.2 Å². The minimum absolute atomic E-state index is 0.131. The summed E-state index contributed by atoms with van der Waals surface area (Å²) in [7, 11) is 0. The minimum atomic E-state index is -0.714. The van der Waals surface area contributed by atoms with Crippen LogP contribution in [0.15, 0.2) is 48.5 Å². The third kappa shape index (κ3) is 5.93. The Hall–Kier alpha value is -3.13. The summed E-state index contributed by atoms with van der Waals surface area (Å²) in [5.41, 5.74) is 0.991. The first-order chi connectivity index (χ1) is 14.3. The smallest absolute Gasteiger partial charge is 0.403 e. The molecule has 160 valence electrons. The normalized spacial score (nSPS) is 14.2. The van der Waals surface area contributed by atoms with Gasteiger partial charge in [0.25, 0.3) is 4.92 Å². The van der Waals surface area contributed by atoms with Gasteiger partial charge in [-0.3, -0.25) is 0 Å². The molecule has 30 heavy (non-hydrogen) atoms. The van der Waals surface area contributed by atoms with E-state index in [-0.39, 0.29) is 11.4 Å². The van der Waals surface area contributed by atoms with Crippen molar-refractivity contribution < 1.29 is 19.3 Å². The molecule has 3 rings (SSSR count). The molecule has 0 saturated carbocycles. The maximum Gasteiger partial charge on any atom is 0.415 e. The lowest BCUT2D eigenvalue weighted by Gasteiger charge is -2.26. The second-order valence-corrected chi connectivity index (χ2v) is 8.06. The predicted octanol–water partition coefficient (Wildman–Crippen LogP) is 3.84.